The fourth-order valence-electron chi connectivity index (χ4n) is 9.25. The molecule has 0 aliphatic carbocycles. The summed E-state index contributed by atoms with van der Waals surface area (Å²) in [6, 6.07) is 30.4. The molecule has 82 heavy (non-hydrogen) atoms. The highest BCUT2D eigenvalue weighted by molar-refractivity contribution is 7.46. The van der Waals surface area contributed by atoms with Crippen LogP contribution in [0.2, 0.25) is 0 Å². The van der Waals surface area contributed by atoms with E-state index in [0.29, 0.717) is 27.9 Å². The third kappa shape index (κ3) is 15.8. The normalized spacial score (nSPS) is 18.5. The molecule has 9 atom stereocenters. The molecule has 0 saturated carbocycles. The SMILES string of the molecule is O=C(CCNc1ccc([N+](=O)[O-])c2nonc12)NC(Cc1ccc2ccccc2c1)C(=O)NC(Cc1ccccc1)C(=O)NC(Cc1ccccc1)C(=O)NC(Cc1ccc(OP(=O)(O)O)cc1)C(=O)N[C@H]1[C@H](O)OC(CO)C(O)[C@@H]1O. The van der Waals surface area contributed by atoms with Gasteiger partial charge < -0.3 is 61.6 Å². The maximum Gasteiger partial charge on any atom is 0.524 e. The molecule has 2 heterocycles. The quantitative estimate of drug-likeness (QED) is 0.0218. The molecular formula is C55H58N9O17P. The number of phosphoric acid groups is 1. The predicted molar refractivity (Wildman–Crippen MR) is 292 cm³/mol. The summed E-state index contributed by atoms with van der Waals surface area (Å²) in [5.41, 5.74) is 2.02. The number of rotatable bonds is 25. The molecular weight excluding hydrogens is 1090 g/mol. The minimum Gasteiger partial charge on any atom is -0.404 e. The van der Waals surface area contributed by atoms with Gasteiger partial charge in [-0.3, -0.25) is 43.9 Å². The molecule has 0 spiro atoms. The number of amides is 5. The molecule has 6 aromatic carbocycles. The van der Waals surface area contributed by atoms with Crippen molar-refractivity contribution >= 4 is 70.5 Å². The summed E-state index contributed by atoms with van der Waals surface area (Å²) in [6.07, 6.45) is -7.91. The van der Waals surface area contributed by atoms with E-state index in [1.807, 2.05) is 36.4 Å². The minimum absolute atomic E-state index is 0.0317. The first-order chi connectivity index (χ1) is 39.3. The first-order valence-corrected chi connectivity index (χ1v) is 27.2. The van der Waals surface area contributed by atoms with Gasteiger partial charge in [0.25, 0.3) is 0 Å². The molecule has 1 saturated heterocycles. The highest BCUT2D eigenvalue weighted by Gasteiger charge is 2.45. The lowest BCUT2D eigenvalue weighted by atomic mass is 9.96. The monoisotopic (exact) mass is 1150 g/mol. The Balaban J connectivity index is 1.05. The Labute approximate surface area is 466 Å². The van der Waals surface area contributed by atoms with Crippen LogP contribution in [-0.4, -0.2) is 143 Å². The van der Waals surface area contributed by atoms with E-state index in [0.717, 1.165) is 10.8 Å². The number of carbonyl (C=O) groups is 5. The van der Waals surface area contributed by atoms with Gasteiger partial charge in [-0.2, -0.15) is 0 Å². The van der Waals surface area contributed by atoms with Crippen LogP contribution in [0.5, 0.6) is 5.75 Å². The van der Waals surface area contributed by atoms with Gasteiger partial charge in [-0.15, -0.1) is 0 Å². The number of nitrogens with zero attached hydrogens (tertiary/aromatic N) is 3. The molecule has 1 aliphatic rings. The summed E-state index contributed by atoms with van der Waals surface area (Å²) >= 11 is 0. The summed E-state index contributed by atoms with van der Waals surface area (Å²) in [4.78, 5) is 102. The maximum absolute atomic E-state index is 14.9. The summed E-state index contributed by atoms with van der Waals surface area (Å²) < 4.78 is 26.1. The minimum atomic E-state index is -4.96. The Morgan fingerprint density at radius 1 is 0.622 bits per heavy atom. The first kappa shape index (κ1) is 59.4. The Bertz CT molecular complexity index is 3430. The van der Waals surface area contributed by atoms with E-state index in [4.69, 9.17) is 9.37 Å². The number of non-ortho nitro benzene ring substituents is 1. The van der Waals surface area contributed by atoms with Gasteiger partial charge in [0.15, 0.2) is 11.8 Å². The lowest BCUT2D eigenvalue weighted by molar-refractivity contribution is -0.383. The van der Waals surface area contributed by atoms with E-state index in [-0.39, 0.29) is 61.1 Å². The van der Waals surface area contributed by atoms with Crippen molar-refractivity contribution < 1.29 is 77.6 Å². The van der Waals surface area contributed by atoms with Crippen molar-refractivity contribution in [3.05, 3.63) is 172 Å². The van der Waals surface area contributed by atoms with Gasteiger partial charge in [0.1, 0.15) is 54.3 Å². The highest BCUT2D eigenvalue weighted by atomic mass is 31.2. The number of fused-ring (bicyclic) bond motifs is 2. The van der Waals surface area contributed by atoms with E-state index < -0.39 is 104 Å². The van der Waals surface area contributed by atoms with Gasteiger partial charge in [0.05, 0.1) is 17.2 Å². The number of benzene rings is 6. The molecule has 5 amide bonds. The van der Waals surface area contributed by atoms with E-state index in [1.54, 1.807) is 66.7 Å². The largest absolute Gasteiger partial charge is 0.524 e. The lowest BCUT2D eigenvalue weighted by Gasteiger charge is -2.40. The van der Waals surface area contributed by atoms with Crippen molar-refractivity contribution in [3.8, 4) is 5.75 Å². The first-order valence-electron chi connectivity index (χ1n) is 25.7. The lowest BCUT2D eigenvalue weighted by Crippen LogP contribution is -2.66. The third-order valence-electron chi connectivity index (χ3n) is 13.4. The topological polar surface area (TPSA) is 397 Å². The van der Waals surface area contributed by atoms with Crippen LogP contribution in [0.25, 0.3) is 21.8 Å². The molecule has 26 nitrogen and oxygen atoms in total. The second kappa shape index (κ2) is 27.2. The average Bonchev–Trinajstić information content (AvgIpc) is 4.00. The molecule has 430 valence electrons. The number of aliphatic hydroxyl groups is 4. The molecule has 0 bridgehead atoms. The van der Waals surface area contributed by atoms with Gasteiger partial charge in [-0.1, -0.05) is 115 Å². The fraction of sp³-hybridized carbons (Fsp3) is 0.291. The third-order valence-corrected chi connectivity index (χ3v) is 13.9. The van der Waals surface area contributed by atoms with Crippen LogP contribution in [0.3, 0.4) is 0 Å². The number of aromatic nitrogens is 2. The molecule has 8 rings (SSSR count). The van der Waals surface area contributed by atoms with E-state index in [9.17, 15) is 68.9 Å². The molecule has 27 heteroatoms. The maximum atomic E-state index is 14.9. The fourth-order valence-corrected chi connectivity index (χ4v) is 9.65. The van der Waals surface area contributed by atoms with Crippen molar-refractivity contribution in [2.75, 3.05) is 18.5 Å². The van der Waals surface area contributed by atoms with Crippen LogP contribution in [0.1, 0.15) is 28.7 Å². The molecule has 6 unspecified atom stereocenters. The number of aliphatic hydroxyl groups excluding tert-OH is 4. The van der Waals surface area contributed by atoms with Crippen LogP contribution < -0.4 is 36.4 Å². The molecule has 1 aliphatic heterocycles. The number of nitrogens with one attached hydrogen (secondary N) is 6. The number of hydrogen-bond acceptors (Lipinski definition) is 18. The summed E-state index contributed by atoms with van der Waals surface area (Å²) in [7, 11) is -4.96. The number of ether oxygens (including phenoxy) is 1. The van der Waals surface area contributed by atoms with E-state index >= 15 is 0 Å². The summed E-state index contributed by atoms with van der Waals surface area (Å²) in [6.45, 7) is -0.820. The molecule has 12 N–H and O–H groups in total. The zero-order chi connectivity index (χ0) is 58.5. The van der Waals surface area contributed by atoms with E-state index in [2.05, 4.69) is 46.7 Å². The van der Waals surface area contributed by atoms with Crippen molar-refractivity contribution in [2.45, 2.75) is 86.9 Å². The van der Waals surface area contributed by atoms with Crippen molar-refractivity contribution in [2.24, 2.45) is 0 Å². The predicted octanol–water partition coefficient (Wildman–Crippen LogP) is 1.38. The standard InChI is InChI=1S/C55H58N9O17P/c65-30-44-49(67)50(68)48(55(73)79-44)61-54(72)42(28-33-16-19-37(20-17-33)80-82(76,77)78)60-53(71)41(27-32-11-5-2-6-12-32)59-52(70)40(26-31-9-3-1-4-10-31)58-51(69)39(29-34-15-18-35-13-7-8-14-36(35)25-34)57-45(66)23-24-56-38-21-22-43(64(74)75)47-46(38)62-81-63-47/h1-22,25,39-42,44,48-50,55-56,65,67-68,73H,23-24,26-30H2,(H,57,66)(H,58,69)(H,59,70)(H,60,71)(H,61,72)(H2,76,77,78)/t39?,40?,41?,42?,44?,48-,49?,50-,55-/m1/s1. The molecule has 0 radical (unpaired) electrons. The van der Waals surface area contributed by atoms with Crippen molar-refractivity contribution in [3.63, 3.8) is 0 Å². The number of nitro groups is 1. The number of anilines is 1. The van der Waals surface area contributed by atoms with Crippen LogP contribution >= 0.6 is 7.82 Å². The Morgan fingerprint density at radius 2 is 1.13 bits per heavy atom. The Kier molecular flexibility index (Phi) is 19.7. The zero-order valence-electron chi connectivity index (χ0n) is 43.4. The summed E-state index contributed by atoms with van der Waals surface area (Å²) in [5, 5.41) is 79.0. The molecule has 1 fully saturated rings. The second-order valence-electron chi connectivity index (χ2n) is 19.3. The van der Waals surface area contributed by atoms with E-state index in [1.165, 1.54) is 36.4 Å². The summed E-state index contributed by atoms with van der Waals surface area (Å²) in [5.74, 6) is -4.43. The zero-order valence-corrected chi connectivity index (χ0v) is 44.3. The number of hydrogen-bond donors (Lipinski definition) is 12. The van der Waals surface area contributed by atoms with Gasteiger partial charge >= 0.3 is 13.5 Å². The van der Waals surface area contributed by atoms with Crippen molar-refractivity contribution in [1.82, 2.24) is 36.9 Å². The van der Waals surface area contributed by atoms with Crippen LogP contribution in [-0.2, 0) is 59.0 Å². The Hall–Kier alpha value is -8.72. The van der Waals surface area contributed by atoms with Crippen LogP contribution in [0.15, 0.2) is 144 Å². The molecule has 7 aromatic rings. The second-order valence-corrected chi connectivity index (χ2v) is 20.5. The average molecular weight is 1150 g/mol. The van der Waals surface area contributed by atoms with Crippen LogP contribution in [0, 0.1) is 10.1 Å². The molecule has 1 aromatic heterocycles. The highest BCUT2D eigenvalue weighted by Crippen LogP contribution is 2.37. The Morgan fingerprint density at radius 3 is 1.71 bits per heavy atom. The van der Waals surface area contributed by atoms with Gasteiger partial charge in [0, 0.05) is 44.7 Å². The number of phosphoric ester groups is 1. The van der Waals surface area contributed by atoms with Crippen LogP contribution in [0.4, 0.5) is 11.4 Å². The number of carbonyl (C=O) groups excluding carboxylic acids is 5. The van der Waals surface area contributed by atoms with Crippen molar-refractivity contribution in [1.29, 1.82) is 0 Å². The van der Waals surface area contributed by atoms with Gasteiger partial charge in [-0.05, 0) is 61.5 Å². The number of nitro benzene ring substituents is 1. The van der Waals surface area contributed by atoms with Gasteiger partial charge in [-0.25, -0.2) is 9.19 Å². The van der Waals surface area contributed by atoms with Gasteiger partial charge in [0.2, 0.25) is 35.1 Å². The smallest absolute Gasteiger partial charge is 0.404 e.